The number of hydrogen-bond acceptors (Lipinski definition) is 3. The van der Waals surface area contributed by atoms with Crippen molar-refractivity contribution in [3.63, 3.8) is 0 Å². The summed E-state index contributed by atoms with van der Waals surface area (Å²) in [4.78, 5) is 27.3. The van der Waals surface area contributed by atoms with Crippen LogP contribution in [0.1, 0.15) is 22.3 Å². The van der Waals surface area contributed by atoms with Gasteiger partial charge in [-0.1, -0.05) is 42.5 Å². The normalized spacial score (nSPS) is 12.5. The summed E-state index contributed by atoms with van der Waals surface area (Å²) in [6, 6.07) is 21.8. The van der Waals surface area contributed by atoms with Crippen LogP contribution in [0.5, 0.6) is 0 Å². The van der Waals surface area contributed by atoms with Crippen molar-refractivity contribution in [3.05, 3.63) is 96.2 Å². The molecule has 31 heavy (non-hydrogen) atoms. The molecule has 4 rings (SSSR count). The summed E-state index contributed by atoms with van der Waals surface area (Å²) >= 11 is 0. The van der Waals surface area contributed by atoms with E-state index in [2.05, 4.69) is 26.9 Å². The largest absolute Gasteiger partial charge is 0.346 e. The minimum atomic E-state index is -0.342. The molecule has 6 heteroatoms. The monoisotopic (exact) mass is 412 g/mol. The van der Waals surface area contributed by atoms with Gasteiger partial charge in [-0.15, -0.1) is 0 Å². The Morgan fingerprint density at radius 1 is 0.839 bits per heavy atom. The van der Waals surface area contributed by atoms with Crippen LogP contribution in [0.25, 0.3) is 0 Å². The molecule has 156 valence electrons. The number of anilines is 4. The number of rotatable bonds is 5. The molecule has 1 aliphatic rings. The average Bonchev–Trinajstić information content (AvgIpc) is 3.31. The van der Waals surface area contributed by atoms with Crippen molar-refractivity contribution in [2.45, 2.75) is 13.3 Å². The molecule has 0 saturated carbocycles. The smallest absolute Gasteiger partial charge is 0.323 e. The van der Waals surface area contributed by atoms with E-state index in [4.69, 9.17) is 0 Å². The molecular weight excluding hydrogens is 388 g/mol. The van der Waals surface area contributed by atoms with Crippen molar-refractivity contribution in [1.29, 1.82) is 0 Å². The fraction of sp³-hybridized carbons (Fsp3) is 0.120. The predicted molar refractivity (Wildman–Crippen MR) is 126 cm³/mol. The van der Waals surface area contributed by atoms with Crippen LogP contribution in [0, 0.1) is 6.92 Å². The first kappa shape index (κ1) is 20.2. The molecule has 0 fully saturated rings. The van der Waals surface area contributed by atoms with Gasteiger partial charge in [-0.2, -0.15) is 0 Å². The first-order valence-corrected chi connectivity index (χ1v) is 10.2. The zero-order chi connectivity index (χ0) is 21.6. The lowest BCUT2D eigenvalue weighted by Gasteiger charge is -2.21. The fourth-order valence-electron chi connectivity index (χ4n) is 3.44. The maximum atomic E-state index is 12.7. The SMILES string of the molecule is Cc1ccccc1NC(=O)Nc1cc(NC(=O)c2ccccc2)ccc1N1C=CCC1. The minimum absolute atomic E-state index is 0.204. The van der Waals surface area contributed by atoms with Crippen molar-refractivity contribution in [2.24, 2.45) is 0 Å². The highest BCUT2D eigenvalue weighted by Gasteiger charge is 2.16. The molecule has 1 aliphatic heterocycles. The molecule has 0 saturated heterocycles. The van der Waals surface area contributed by atoms with E-state index in [0.29, 0.717) is 16.9 Å². The Labute approximate surface area is 181 Å². The van der Waals surface area contributed by atoms with Gasteiger partial charge in [-0.25, -0.2) is 4.79 Å². The quantitative estimate of drug-likeness (QED) is 0.510. The van der Waals surface area contributed by atoms with E-state index in [0.717, 1.165) is 29.9 Å². The summed E-state index contributed by atoms with van der Waals surface area (Å²) in [6.45, 7) is 2.78. The highest BCUT2D eigenvalue weighted by molar-refractivity contribution is 6.06. The Morgan fingerprint density at radius 3 is 2.32 bits per heavy atom. The Bertz CT molecular complexity index is 1130. The lowest BCUT2D eigenvalue weighted by molar-refractivity contribution is 0.102. The van der Waals surface area contributed by atoms with Gasteiger partial charge in [0.15, 0.2) is 0 Å². The lowest BCUT2D eigenvalue weighted by atomic mass is 10.2. The van der Waals surface area contributed by atoms with Crippen LogP contribution in [-0.2, 0) is 0 Å². The van der Waals surface area contributed by atoms with Gasteiger partial charge in [0.05, 0.1) is 11.4 Å². The second-order valence-corrected chi connectivity index (χ2v) is 7.31. The van der Waals surface area contributed by atoms with E-state index < -0.39 is 0 Å². The molecule has 0 spiro atoms. The van der Waals surface area contributed by atoms with E-state index in [9.17, 15) is 9.59 Å². The summed E-state index contributed by atoms with van der Waals surface area (Å²) in [7, 11) is 0. The number of nitrogens with zero attached hydrogens (tertiary/aromatic N) is 1. The van der Waals surface area contributed by atoms with Gasteiger partial charge >= 0.3 is 6.03 Å². The van der Waals surface area contributed by atoms with Crippen LogP contribution in [0.3, 0.4) is 0 Å². The van der Waals surface area contributed by atoms with E-state index >= 15 is 0 Å². The Hall–Kier alpha value is -4.06. The molecule has 0 bridgehead atoms. The van der Waals surface area contributed by atoms with Crippen LogP contribution in [0.15, 0.2) is 85.1 Å². The number of aryl methyl sites for hydroxylation is 1. The number of carbonyl (C=O) groups is 2. The molecule has 3 N–H and O–H groups in total. The van der Waals surface area contributed by atoms with Gasteiger partial charge < -0.3 is 20.9 Å². The van der Waals surface area contributed by atoms with Gasteiger partial charge in [0.1, 0.15) is 0 Å². The van der Waals surface area contributed by atoms with Gasteiger partial charge in [-0.3, -0.25) is 4.79 Å². The van der Waals surface area contributed by atoms with Crippen LogP contribution in [0.4, 0.5) is 27.5 Å². The predicted octanol–water partition coefficient (Wildman–Crippen LogP) is 5.62. The zero-order valence-corrected chi connectivity index (χ0v) is 17.3. The topological polar surface area (TPSA) is 73.5 Å². The fourth-order valence-corrected chi connectivity index (χ4v) is 3.44. The van der Waals surface area contributed by atoms with Gasteiger partial charge in [0.2, 0.25) is 0 Å². The van der Waals surface area contributed by atoms with Crippen molar-refractivity contribution in [1.82, 2.24) is 0 Å². The first-order chi connectivity index (χ1) is 15.1. The van der Waals surface area contributed by atoms with Crippen LogP contribution >= 0.6 is 0 Å². The Kier molecular flexibility index (Phi) is 5.98. The molecule has 0 aromatic heterocycles. The number of urea groups is 1. The van der Waals surface area contributed by atoms with E-state index in [1.165, 1.54) is 0 Å². The summed E-state index contributed by atoms with van der Waals surface area (Å²) in [5, 5.41) is 8.73. The molecule has 0 radical (unpaired) electrons. The van der Waals surface area contributed by atoms with E-state index in [-0.39, 0.29) is 11.9 Å². The lowest BCUT2D eigenvalue weighted by Crippen LogP contribution is -2.23. The van der Waals surface area contributed by atoms with Crippen LogP contribution in [0.2, 0.25) is 0 Å². The molecular formula is C25H24N4O2. The highest BCUT2D eigenvalue weighted by atomic mass is 16.2. The van der Waals surface area contributed by atoms with Gasteiger partial charge in [0.25, 0.3) is 5.91 Å². The molecule has 3 aromatic rings. The number of benzene rings is 3. The van der Waals surface area contributed by atoms with Gasteiger partial charge in [0, 0.05) is 29.7 Å². The molecule has 0 unspecified atom stereocenters. The molecule has 0 atom stereocenters. The molecule has 0 aliphatic carbocycles. The second kappa shape index (κ2) is 9.17. The third-order valence-corrected chi connectivity index (χ3v) is 5.06. The summed E-state index contributed by atoms with van der Waals surface area (Å²) in [5.74, 6) is -0.204. The average molecular weight is 412 g/mol. The van der Waals surface area contributed by atoms with E-state index in [1.54, 1.807) is 18.2 Å². The Morgan fingerprint density at radius 2 is 1.58 bits per heavy atom. The second-order valence-electron chi connectivity index (χ2n) is 7.31. The molecule has 6 nitrogen and oxygen atoms in total. The Balaban J connectivity index is 1.56. The van der Waals surface area contributed by atoms with Gasteiger partial charge in [-0.05, 0) is 55.3 Å². The maximum Gasteiger partial charge on any atom is 0.323 e. The van der Waals surface area contributed by atoms with Crippen molar-refractivity contribution >= 4 is 34.7 Å². The van der Waals surface area contributed by atoms with Crippen LogP contribution < -0.4 is 20.9 Å². The maximum absolute atomic E-state index is 12.7. The minimum Gasteiger partial charge on any atom is -0.346 e. The molecule has 3 aromatic carbocycles. The number of amides is 3. The number of nitrogens with one attached hydrogen (secondary N) is 3. The van der Waals surface area contributed by atoms with E-state index in [1.807, 2.05) is 67.7 Å². The van der Waals surface area contributed by atoms with Crippen molar-refractivity contribution in [3.8, 4) is 0 Å². The number of para-hydroxylation sites is 1. The third-order valence-electron chi connectivity index (χ3n) is 5.06. The zero-order valence-electron chi connectivity index (χ0n) is 17.3. The molecule has 1 heterocycles. The number of carbonyl (C=O) groups excluding carboxylic acids is 2. The molecule has 3 amide bonds. The third kappa shape index (κ3) is 4.93. The highest BCUT2D eigenvalue weighted by Crippen LogP contribution is 2.32. The van der Waals surface area contributed by atoms with Crippen molar-refractivity contribution in [2.75, 3.05) is 27.4 Å². The summed E-state index contributed by atoms with van der Waals surface area (Å²) in [6.07, 6.45) is 5.03. The summed E-state index contributed by atoms with van der Waals surface area (Å²) < 4.78 is 0. The summed E-state index contributed by atoms with van der Waals surface area (Å²) in [5.41, 5.74) is 4.38. The number of hydrogen-bond donors (Lipinski definition) is 3. The first-order valence-electron chi connectivity index (χ1n) is 10.2. The standard InChI is InChI=1S/C25H24N4O2/c1-18-9-5-6-12-21(18)27-25(31)28-22-17-20(13-14-23(22)29-15-7-8-16-29)26-24(30)19-10-3-2-4-11-19/h2-7,9-15,17H,8,16H2,1H3,(H,26,30)(H2,27,28,31). The van der Waals surface area contributed by atoms with Crippen molar-refractivity contribution < 1.29 is 9.59 Å². The van der Waals surface area contributed by atoms with Crippen LogP contribution in [-0.4, -0.2) is 18.5 Å².